The molecular weight excluding hydrogens is 398 g/mol. The molecule has 1 saturated heterocycles. The summed E-state index contributed by atoms with van der Waals surface area (Å²) in [6.07, 6.45) is 1.49. The number of hydrogen-bond acceptors (Lipinski definition) is 9. The van der Waals surface area contributed by atoms with Crippen molar-refractivity contribution in [2.24, 2.45) is 0 Å². The Kier molecular flexibility index (Phi) is 8.74. The predicted octanol–water partition coefficient (Wildman–Crippen LogP) is -0.949. The maximum absolute atomic E-state index is 12.4. The average Bonchev–Trinajstić information content (AvgIpc) is 3.13. The fraction of sp³-hybridized carbons (Fsp3) is 0.611. The first-order valence-corrected chi connectivity index (χ1v) is 9.56. The van der Waals surface area contributed by atoms with Gasteiger partial charge in [-0.2, -0.15) is 4.98 Å². The molecule has 0 saturated carbocycles. The van der Waals surface area contributed by atoms with E-state index in [1.807, 2.05) is 0 Å². The van der Waals surface area contributed by atoms with Crippen LogP contribution in [0, 0.1) is 0 Å². The zero-order valence-corrected chi connectivity index (χ0v) is 17.0. The maximum atomic E-state index is 12.4. The van der Waals surface area contributed by atoms with Gasteiger partial charge in [0.25, 0.3) is 0 Å². The van der Waals surface area contributed by atoms with E-state index in [1.54, 1.807) is 0 Å². The van der Waals surface area contributed by atoms with Crippen LogP contribution in [0.3, 0.4) is 0 Å². The minimum Gasteiger partial charge on any atom is -0.459 e. The Labute approximate surface area is 173 Å². The SMILES string of the molecule is CC(=O)NCCCCC(NC(C)=O)C(=O)OC[C@H]1OC[C@@H](n2ccc(N)nc2=O)O1. The van der Waals surface area contributed by atoms with Gasteiger partial charge in [-0.15, -0.1) is 0 Å². The summed E-state index contributed by atoms with van der Waals surface area (Å²) in [5.74, 6) is -1.00. The Bertz CT molecular complexity index is 812. The zero-order valence-electron chi connectivity index (χ0n) is 17.0. The molecule has 2 heterocycles. The van der Waals surface area contributed by atoms with Crippen molar-refractivity contribution in [1.82, 2.24) is 20.2 Å². The van der Waals surface area contributed by atoms with Gasteiger partial charge in [0.2, 0.25) is 11.8 Å². The van der Waals surface area contributed by atoms with Crippen LogP contribution >= 0.6 is 0 Å². The Morgan fingerprint density at radius 3 is 2.77 bits per heavy atom. The van der Waals surface area contributed by atoms with E-state index in [0.29, 0.717) is 25.8 Å². The van der Waals surface area contributed by atoms with Gasteiger partial charge in [0.1, 0.15) is 18.5 Å². The summed E-state index contributed by atoms with van der Waals surface area (Å²) in [5.41, 5.74) is 4.88. The monoisotopic (exact) mass is 425 g/mol. The van der Waals surface area contributed by atoms with E-state index in [0.717, 1.165) is 0 Å². The lowest BCUT2D eigenvalue weighted by atomic mass is 10.1. The molecule has 2 rings (SSSR count). The average molecular weight is 425 g/mol. The molecule has 1 aromatic heterocycles. The molecule has 1 aromatic rings. The molecule has 1 aliphatic heterocycles. The molecule has 12 heteroatoms. The molecule has 0 bridgehead atoms. The summed E-state index contributed by atoms with van der Waals surface area (Å²) >= 11 is 0. The fourth-order valence-corrected chi connectivity index (χ4v) is 2.80. The third kappa shape index (κ3) is 7.44. The Hall–Kier alpha value is -2.99. The molecule has 2 amide bonds. The summed E-state index contributed by atoms with van der Waals surface area (Å²) in [6.45, 7) is 3.10. The maximum Gasteiger partial charge on any atom is 0.351 e. The van der Waals surface area contributed by atoms with Crippen LogP contribution in [0.1, 0.15) is 39.3 Å². The van der Waals surface area contributed by atoms with Crippen LogP contribution in [-0.2, 0) is 28.6 Å². The van der Waals surface area contributed by atoms with Gasteiger partial charge >= 0.3 is 11.7 Å². The Balaban J connectivity index is 1.80. The van der Waals surface area contributed by atoms with Crippen molar-refractivity contribution in [3.63, 3.8) is 0 Å². The number of carbonyl (C=O) groups excluding carboxylic acids is 3. The number of esters is 1. The van der Waals surface area contributed by atoms with Gasteiger partial charge in [-0.25, -0.2) is 9.59 Å². The predicted molar refractivity (Wildman–Crippen MR) is 104 cm³/mol. The van der Waals surface area contributed by atoms with Crippen molar-refractivity contribution in [1.29, 1.82) is 0 Å². The summed E-state index contributed by atoms with van der Waals surface area (Å²) in [4.78, 5) is 50.1. The van der Waals surface area contributed by atoms with Gasteiger partial charge in [0.15, 0.2) is 12.5 Å². The van der Waals surface area contributed by atoms with Crippen molar-refractivity contribution in [2.75, 3.05) is 25.5 Å². The highest BCUT2D eigenvalue weighted by molar-refractivity contribution is 5.83. The molecule has 0 aromatic carbocycles. The number of nitrogens with two attached hydrogens (primary N) is 1. The van der Waals surface area contributed by atoms with Gasteiger partial charge < -0.3 is 30.6 Å². The van der Waals surface area contributed by atoms with Gasteiger partial charge in [-0.1, -0.05) is 0 Å². The summed E-state index contributed by atoms with van der Waals surface area (Å²) < 4.78 is 17.4. The van der Waals surface area contributed by atoms with Crippen molar-refractivity contribution >= 4 is 23.6 Å². The molecule has 1 fully saturated rings. The smallest absolute Gasteiger partial charge is 0.351 e. The molecular formula is C18H27N5O7. The number of aromatic nitrogens is 2. The first kappa shape index (κ1) is 23.3. The molecule has 0 radical (unpaired) electrons. The van der Waals surface area contributed by atoms with Crippen LogP contribution in [-0.4, -0.2) is 59.4 Å². The summed E-state index contributed by atoms with van der Waals surface area (Å²) in [5, 5.41) is 5.22. The van der Waals surface area contributed by atoms with Crippen LogP contribution in [0.2, 0.25) is 0 Å². The fourth-order valence-electron chi connectivity index (χ4n) is 2.80. The quantitative estimate of drug-likeness (QED) is 0.317. The molecule has 4 N–H and O–H groups in total. The second-order valence-corrected chi connectivity index (χ2v) is 6.76. The van der Waals surface area contributed by atoms with E-state index in [2.05, 4.69) is 15.6 Å². The standard InChI is InChI=1S/C18H27N5O7/c1-11(24)20-7-4-3-5-13(21-12(2)25)17(26)29-10-16-28-9-15(30-16)23-8-6-14(19)22-18(23)27/h6,8,13,15-16H,3-5,7,9-10H2,1-2H3,(H,20,24)(H,21,25)(H2,19,22,27)/t13?,15-,16-/m0/s1. The number of unbranched alkanes of at least 4 members (excludes halogenated alkanes) is 1. The number of ether oxygens (including phenoxy) is 3. The first-order valence-electron chi connectivity index (χ1n) is 9.56. The minimum absolute atomic E-state index is 0.0754. The van der Waals surface area contributed by atoms with Crippen LogP contribution in [0.15, 0.2) is 17.1 Å². The van der Waals surface area contributed by atoms with Crippen molar-refractivity contribution in [3.8, 4) is 0 Å². The van der Waals surface area contributed by atoms with Crippen LogP contribution in [0.4, 0.5) is 5.82 Å². The number of hydrogen-bond donors (Lipinski definition) is 3. The number of amides is 2. The van der Waals surface area contributed by atoms with Crippen molar-refractivity contribution in [2.45, 2.75) is 51.7 Å². The lowest BCUT2D eigenvalue weighted by Crippen LogP contribution is -2.41. The van der Waals surface area contributed by atoms with E-state index in [4.69, 9.17) is 19.9 Å². The van der Waals surface area contributed by atoms with E-state index in [9.17, 15) is 19.2 Å². The largest absolute Gasteiger partial charge is 0.459 e. The van der Waals surface area contributed by atoms with Crippen LogP contribution in [0.5, 0.6) is 0 Å². The highest BCUT2D eigenvalue weighted by atomic mass is 16.7. The molecule has 166 valence electrons. The molecule has 30 heavy (non-hydrogen) atoms. The normalized spacial score (nSPS) is 19.1. The van der Waals surface area contributed by atoms with Gasteiger partial charge in [-0.05, 0) is 25.3 Å². The molecule has 3 atom stereocenters. The lowest BCUT2D eigenvalue weighted by Gasteiger charge is -2.18. The number of carbonyl (C=O) groups is 3. The summed E-state index contributed by atoms with van der Waals surface area (Å²) in [7, 11) is 0. The van der Waals surface area contributed by atoms with Gasteiger partial charge in [0.05, 0.1) is 6.61 Å². The van der Waals surface area contributed by atoms with Crippen LogP contribution < -0.4 is 22.1 Å². The molecule has 1 aliphatic rings. The number of nitrogens with one attached hydrogen (secondary N) is 2. The third-order valence-electron chi connectivity index (χ3n) is 4.21. The highest BCUT2D eigenvalue weighted by Crippen LogP contribution is 2.20. The lowest BCUT2D eigenvalue weighted by molar-refractivity contribution is -0.162. The van der Waals surface area contributed by atoms with E-state index in [-0.39, 0.29) is 30.8 Å². The second-order valence-electron chi connectivity index (χ2n) is 6.76. The summed E-state index contributed by atoms with van der Waals surface area (Å²) in [6, 6.07) is 0.642. The van der Waals surface area contributed by atoms with Crippen molar-refractivity contribution in [3.05, 3.63) is 22.7 Å². The van der Waals surface area contributed by atoms with Gasteiger partial charge in [0, 0.05) is 26.6 Å². The topological polar surface area (TPSA) is 164 Å². The first-order chi connectivity index (χ1) is 14.3. The second kappa shape index (κ2) is 11.3. The van der Waals surface area contributed by atoms with Gasteiger partial charge in [-0.3, -0.25) is 14.2 Å². The molecule has 12 nitrogen and oxygen atoms in total. The molecule has 0 aliphatic carbocycles. The van der Waals surface area contributed by atoms with Crippen LogP contribution in [0.25, 0.3) is 0 Å². The van der Waals surface area contributed by atoms with Crippen molar-refractivity contribution < 1.29 is 28.6 Å². The zero-order chi connectivity index (χ0) is 22.1. The number of nitrogens with zero attached hydrogens (tertiary/aromatic N) is 2. The molecule has 1 unspecified atom stereocenters. The highest BCUT2D eigenvalue weighted by Gasteiger charge is 2.30. The minimum atomic E-state index is -0.860. The Morgan fingerprint density at radius 2 is 2.10 bits per heavy atom. The Morgan fingerprint density at radius 1 is 1.33 bits per heavy atom. The number of nitrogen functional groups attached to an aromatic ring is 1. The van der Waals surface area contributed by atoms with E-state index in [1.165, 1.54) is 30.7 Å². The third-order valence-corrected chi connectivity index (χ3v) is 4.21. The van der Waals surface area contributed by atoms with E-state index >= 15 is 0 Å². The number of anilines is 1. The molecule has 0 spiro atoms. The van der Waals surface area contributed by atoms with E-state index < -0.39 is 30.2 Å². The number of rotatable bonds is 10.